The van der Waals surface area contributed by atoms with E-state index in [2.05, 4.69) is 5.32 Å². The summed E-state index contributed by atoms with van der Waals surface area (Å²) in [6.45, 7) is 4.07. The molecule has 0 aliphatic heterocycles. The third-order valence-electron chi connectivity index (χ3n) is 2.94. The van der Waals surface area contributed by atoms with Crippen LogP contribution in [-0.2, 0) is 14.8 Å². The fraction of sp³-hybridized carbons (Fsp3) is 0.462. The molecule has 1 unspecified atom stereocenters. The van der Waals surface area contributed by atoms with Gasteiger partial charge >= 0.3 is 0 Å². The Morgan fingerprint density at radius 1 is 1.48 bits per heavy atom. The van der Waals surface area contributed by atoms with Gasteiger partial charge in [0, 0.05) is 19.2 Å². The van der Waals surface area contributed by atoms with Gasteiger partial charge in [-0.05, 0) is 30.5 Å². The normalized spacial score (nSPS) is 13.0. The summed E-state index contributed by atoms with van der Waals surface area (Å²) >= 11 is 0. The average Bonchev–Trinajstić information content (AvgIpc) is 2.37. The molecule has 0 spiro atoms. The van der Waals surface area contributed by atoms with Gasteiger partial charge in [0.15, 0.2) is 0 Å². The van der Waals surface area contributed by atoms with Crippen molar-refractivity contribution < 1.29 is 22.3 Å². The van der Waals surface area contributed by atoms with Crippen molar-refractivity contribution in [2.24, 2.45) is 11.1 Å². The van der Waals surface area contributed by atoms with Gasteiger partial charge in [-0.1, -0.05) is 6.92 Å². The number of carbonyl (C=O) groups is 1. The van der Waals surface area contributed by atoms with E-state index in [1.807, 2.05) is 6.92 Å². The summed E-state index contributed by atoms with van der Waals surface area (Å²) in [5, 5.41) is 7.62. The molecule has 0 bridgehead atoms. The Morgan fingerprint density at radius 2 is 2.10 bits per heavy atom. The molecule has 1 amide bonds. The van der Waals surface area contributed by atoms with Gasteiger partial charge in [0.25, 0.3) is 5.91 Å². The summed E-state index contributed by atoms with van der Waals surface area (Å²) in [4.78, 5) is 11.7. The first kappa shape index (κ1) is 17.5. The lowest BCUT2D eigenvalue weighted by molar-refractivity contribution is 0.0932. The van der Waals surface area contributed by atoms with Crippen LogP contribution in [0.25, 0.3) is 0 Å². The van der Waals surface area contributed by atoms with Crippen molar-refractivity contribution in [3.05, 3.63) is 29.1 Å². The zero-order valence-electron chi connectivity index (χ0n) is 12.1. The number of ether oxygens (including phenoxy) is 1. The van der Waals surface area contributed by atoms with E-state index in [-0.39, 0.29) is 17.0 Å². The third kappa shape index (κ3) is 4.76. The Bertz CT molecular complexity index is 631. The molecule has 0 saturated carbocycles. The molecule has 3 N–H and O–H groups in total. The topological polar surface area (TPSA) is 98.5 Å². The van der Waals surface area contributed by atoms with Gasteiger partial charge in [0.1, 0.15) is 5.82 Å². The zero-order valence-corrected chi connectivity index (χ0v) is 13.0. The Morgan fingerprint density at radius 3 is 2.62 bits per heavy atom. The number of halogens is 1. The van der Waals surface area contributed by atoms with Crippen LogP contribution in [0.5, 0.6) is 0 Å². The first-order valence-corrected chi connectivity index (χ1v) is 7.81. The Labute approximate surface area is 123 Å². The second-order valence-electron chi connectivity index (χ2n) is 4.89. The Kier molecular flexibility index (Phi) is 5.82. The van der Waals surface area contributed by atoms with E-state index >= 15 is 0 Å². The molecule has 0 aromatic heterocycles. The molecule has 0 saturated heterocycles. The molecule has 0 aliphatic carbocycles. The highest BCUT2D eigenvalue weighted by molar-refractivity contribution is 7.89. The number of primary sulfonamides is 1. The number of nitrogens with one attached hydrogen (secondary N) is 1. The number of nitrogens with two attached hydrogens (primary N) is 1. The molecule has 0 aliphatic rings. The van der Waals surface area contributed by atoms with Crippen molar-refractivity contribution in [3.8, 4) is 0 Å². The van der Waals surface area contributed by atoms with Gasteiger partial charge in [-0.2, -0.15) is 0 Å². The van der Waals surface area contributed by atoms with Gasteiger partial charge in [-0.3, -0.25) is 4.79 Å². The number of sulfonamides is 1. The fourth-order valence-electron chi connectivity index (χ4n) is 1.89. The number of amides is 1. The molecular weight excluding hydrogens is 299 g/mol. The van der Waals surface area contributed by atoms with Crippen LogP contribution in [0.3, 0.4) is 0 Å². The fourth-order valence-corrected chi connectivity index (χ4v) is 2.70. The van der Waals surface area contributed by atoms with Crippen LogP contribution < -0.4 is 10.5 Å². The highest BCUT2D eigenvalue weighted by atomic mass is 32.2. The van der Waals surface area contributed by atoms with Gasteiger partial charge in [-0.25, -0.2) is 17.9 Å². The van der Waals surface area contributed by atoms with Crippen LogP contribution in [0.2, 0.25) is 0 Å². The molecule has 1 atom stereocenters. The van der Waals surface area contributed by atoms with Crippen LogP contribution in [0.1, 0.15) is 22.8 Å². The summed E-state index contributed by atoms with van der Waals surface area (Å²) in [6.07, 6.45) is 0. The molecule has 8 heteroatoms. The smallest absolute Gasteiger partial charge is 0.251 e. The molecule has 0 radical (unpaired) electrons. The van der Waals surface area contributed by atoms with Crippen molar-refractivity contribution in [1.29, 1.82) is 0 Å². The van der Waals surface area contributed by atoms with Crippen LogP contribution in [0.4, 0.5) is 4.39 Å². The summed E-state index contributed by atoms with van der Waals surface area (Å²) in [5.41, 5.74) is 0.0689. The Hall–Kier alpha value is -1.51. The highest BCUT2D eigenvalue weighted by Crippen LogP contribution is 2.20. The summed E-state index contributed by atoms with van der Waals surface area (Å²) in [6, 6.07) is 1.79. The predicted molar refractivity (Wildman–Crippen MR) is 75.9 cm³/mol. The predicted octanol–water partition coefficient (Wildman–Crippen LogP) is 0.794. The lowest BCUT2D eigenvalue weighted by Gasteiger charge is -2.14. The molecule has 1 rings (SSSR count). The molecule has 6 nitrogen and oxygen atoms in total. The molecule has 1 aromatic carbocycles. The van der Waals surface area contributed by atoms with Gasteiger partial charge < -0.3 is 10.1 Å². The summed E-state index contributed by atoms with van der Waals surface area (Å²) in [7, 11) is -2.54. The number of hydrogen-bond acceptors (Lipinski definition) is 4. The maximum atomic E-state index is 13.5. The number of benzene rings is 1. The number of carbonyl (C=O) groups excluding carboxylic acids is 1. The van der Waals surface area contributed by atoms with Crippen molar-refractivity contribution in [3.63, 3.8) is 0 Å². The molecule has 1 aromatic rings. The standard InChI is InChI=1S/C13H19FN2O4S/c1-8(7-20-3)6-16-13(17)11-4-10(14)5-12(9(11)2)21(15,18)19/h4-5,8H,6-7H2,1-3H3,(H,16,17)(H2,15,18,19). The maximum Gasteiger partial charge on any atom is 0.251 e. The largest absolute Gasteiger partial charge is 0.384 e. The van der Waals surface area contributed by atoms with Gasteiger partial charge in [0.05, 0.1) is 11.5 Å². The SMILES string of the molecule is COCC(C)CNC(=O)c1cc(F)cc(S(N)(=O)=O)c1C. The third-order valence-corrected chi connectivity index (χ3v) is 3.98. The minimum absolute atomic E-state index is 0.0522. The monoisotopic (exact) mass is 318 g/mol. The van der Waals surface area contributed by atoms with E-state index in [0.717, 1.165) is 12.1 Å². The van der Waals surface area contributed by atoms with E-state index in [0.29, 0.717) is 13.2 Å². The van der Waals surface area contributed by atoms with E-state index in [1.165, 1.54) is 6.92 Å². The quantitative estimate of drug-likeness (QED) is 0.810. The van der Waals surface area contributed by atoms with Crippen molar-refractivity contribution in [2.75, 3.05) is 20.3 Å². The first-order chi connectivity index (χ1) is 9.66. The minimum atomic E-state index is -4.09. The molecule has 0 fully saturated rings. The molecular formula is C13H19FN2O4S. The maximum absolute atomic E-state index is 13.5. The minimum Gasteiger partial charge on any atom is -0.384 e. The van der Waals surface area contributed by atoms with E-state index in [4.69, 9.17) is 9.88 Å². The van der Waals surface area contributed by atoms with Crippen molar-refractivity contribution >= 4 is 15.9 Å². The average molecular weight is 318 g/mol. The van der Waals surface area contributed by atoms with Crippen molar-refractivity contribution in [2.45, 2.75) is 18.7 Å². The van der Waals surface area contributed by atoms with E-state index in [1.54, 1.807) is 7.11 Å². The summed E-state index contributed by atoms with van der Waals surface area (Å²) in [5.74, 6) is -1.31. The molecule has 0 heterocycles. The zero-order chi connectivity index (χ0) is 16.2. The Balaban J connectivity index is 3.03. The second kappa shape index (κ2) is 6.97. The number of hydrogen-bond donors (Lipinski definition) is 2. The van der Waals surface area contributed by atoms with Crippen LogP contribution >= 0.6 is 0 Å². The van der Waals surface area contributed by atoms with Crippen LogP contribution in [0, 0.1) is 18.7 Å². The molecule has 21 heavy (non-hydrogen) atoms. The second-order valence-corrected chi connectivity index (χ2v) is 6.42. The van der Waals surface area contributed by atoms with Gasteiger partial charge in [-0.15, -0.1) is 0 Å². The van der Waals surface area contributed by atoms with E-state index < -0.39 is 26.6 Å². The van der Waals surface area contributed by atoms with Gasteiger partial charge in [0.2, 0.25) is 10.0 Å². The first-order valence-electron chi connectivity index (χ1n) is 6.27. The number of rotatable bonds is 6. The van der Waals surface area contributed by atoms with Crippen molar-refractivity contribution in [1.82, 2.24) is 5.32 Å². The lowest BCUT2D eigenvalue weighted by Crippen LogP contribution is -2.31. The van der Waals surface area contributed by atoms with Crippen LogP contribution in [0.15, 0.2) is 17.0 Å². The summed E-state index contributed by atoms with van der Waals surface area (Å²) < 4.78 is 41.2. The van der Waals surface area contributed by atoms with E-state index in [9.17, 15) is 17.6 Å². The van der Waals surface area contributed by atoms with Crippen LogP contribution in [-0.4, -0.2) is 34.6 Å². The lowest BCUT2D eigenvalue weighted by atomic mass is 10.1. The molecule has 118 valence electrons. The highest BCUT2D eigenvalue weighted by Gasteiger charge is 2.20. The number of methoxy groups -OCH3 is 1.